The first-order valence-corrected chi connectivity index (χ1v) is 8.28. The highest BCUT2D eigenvalue weighted by molar-refractivity contribution is 8.00. The van der Waals surface area contributed by atoms with Gasteiger partial charge in [-0.2, -0.15) is 0 Å². The zero-order valence-electron chi connectivity index (χ0n) is 12.6. The Morgan fingerprint density at radius 1 is 0.783 bits per heavy atom. The molecule has 0 amide bonds. The number of rotatable bonds is 4. The van der Waals surface area contributed by atoms with Crippen LogP contribution in [0.1, 0.15) is 26.7 Å². The van der Waals surface area contributed by atoms with Crippen LogP contribution >= 0.6 is 0 Å². The molecule has 0 heterocycles. The molecule has 0 N–H and O–H groups in total. The third-order valence-corrected chi connectivity index (χ3v) is 5.49. The van der Waals surface area contributed by atoms with E-state index < -0.39 is 31.2 Å². The van der Waals surface area contributed by atoms with Crippen molar-refractivity contribution in [3.8, 4) is 0 Å². The normalized spacial score (nSPS) is 18.7. The lowest BCUT2D eigenvalue weighted by molar-refractivity contribution is -0.118. The van der Waals surface area contributed by atoms with Crippen molar-refractivity contribution < 1.29 is 27.6 Å². The van der Waals surface area contributed by atoms with Gasteiger partial charge in [0.2, 0.25) is 9.84 Å². The summed E-state index contributed by atoms with van der Waals surface area (Å²) in [4.78, 5) is 45.5. The second kappa shape index (κ2) is 6.00. The standard InChI is InChI=1S/C16H14O6S/c1-9(17)11-3-5-15(13(19)7-11)23(21,22)16-6-4-12(10(2)18)8-14(16)20/h3-6H,7-8H2,1-2H3. The van der Waals surface area contributed by atoms with E-state index >= 15 is 0 Å². The van der Waals surface area contributed by atoms with Crippen LogP contribution in [-0.2, 0) is 29.0 Å². The maximum atomic E-state index is 12.5. The van der Waals surface area contributed by atoms with Crippen LogP contribution in [-0.4, -0.2) is 31.6 Å². The molecular formula is C16H14O6S. The number of allylic oxidation sites excluding steroid dienone is 8. The van der Waals surface area contributed by atoms with E-state index in [4.69, 9.17) is 0 Å². The van der Waals surface area contributed by atoms with Crippen molar-refractivity contribution in [3.05, 3.63) is 45.3 Å². The van der Waals surface area contributed by atoms with Crippen LogP contribution in [0.5, 0.6) is 0 Å². The van der Waals surface area contributed by atoms with Crippen molar-refractivity contribution in [1.29, 1.82) is 0 Å². The molecule has 0 fully saturated rings. The van der Waals surface area contributed by atoms with E-state index in [0.717, 1.165) is 12.2 Å². The summed E-state index contributed by atoms with van der Waals surface area (Å²) in [5.74, 6) is -2.08. The van der Waals surface area contributed by atoms with Gasteiger partial charge in [0.15, 0.2) is 23.1 Å². The molecule has 0 aromatic carbocycles. The molecule has 120 valence electrons. The Hall–Kier alpha value is -2.41. The summed E-state index contributed by atoms with van der Waals surface area (Å²) in [6, 6.07) is 0. The summed E-state index contributed by atoms with van der Waals surface area (Å²) in [6.45, 7) is 2.57. The molecule has 0 bridgehead atoms. The largest absolute Gasteiger partial charge is 0.295 e. The Balaban J connectivity index is 2.48. The van der Waals surface area contributed by atoms with E-state index in [9.17, 15) is 27.6 Å². The lowest BCUT2D eigenvalue weighted by Gasteiger charge is -2.16. The summed E-state index contributed by atoms with van der Waals surface area (Å²) in [6.07, 6.45) is 4.04. The van der Waals surface area contributed by atoms with Gasteiger partial charge in [0, 0.05) is 24.0 Å². The van der Waals surface area contributed by atoms with E-state index in [1.807, 2.05) is 0 Å². The first-order valence-electron chi connectivity index (χ1n) is 6.79. The van der Waals surface area contributed by atoms with Crippen LogP contribution in [0.4, 0.5) is 0 Å². The van der Waals surface area contributed by atoms with Gasteiger partial charge >= 0.3 is 0 Å². The highest BCUT2D eigenvalue weighted by atomic mass is 32.2. The average molecular weight is 334 g/mol. The number of hydrogen-bond donors (Lipinski definition) is 0. The van der Waals surface area contributed by atoms with Gasteiger partial charge < -0.3 is 0 Å². The van der Waals surface area contributed by atoms with Crippen molar-refractivity contribution in [2.75, 3.05) is 0 Å². The van der Waals surface area contributed by atoms with Crippen LogP contribution in [0, 0.1) is 0 Å². The van der Waals surface area contributed by atoms with E-state index in [1.54, 1.807) is 0 Å². The van der Waals surface area contributed by atoms with Crippen molar-refractivity contribution in [1.82, 2.24) is 0 Å². The molecule has 7 heteroatoms. The third-order valence-electron chi connectivity index (χ3n) is 3.61. The lowest BCUT2D eigenvalue weighted by Crippen LogP contribution is -2.24. The Morgan fingerprint density at radius 3 is 1.39 bits per heavy atom. The number of ketones is 4. The van der Waals surface area contributed by atoms with Gasteiger partial charge in [0.05, 0.1) is 0 Å². The van der Waals surface area contributed by atoms with Crippen LogP contribution in [0.2, 0.25) is 0 Å². The topological polar surface area (TPSA) is 102 Å². The predicted octanol–water partition coefficient (Wildman–Crippen LogP) is 1.15. The number of hydrogen-bond acceptors (Lipinski definition) is 6. The molecule has 0 aliphatic heterocycles. The molecule has 0 saturated heterocycles. The van der Waals surface area contributed by atoms with Gasteiger partial charge in [-0.05, 0) is 26.0 Å². The molecule has 0 saturated carbocycles. The van der Waals surface area contributed by atoms with E-state index in [1.165, 1.54) is 26.0 Å². The minimum Gasteiger partial charge on any atom is -0.295 e. The minimum absolute atomic E-state index is 0.219. The zero-order valence-corrected chi connectivity index (χ0v) is 13.4. The minimum atomic E-state index is -4.27. The SMILES string of the molecule is CC(=O)C1=CC=C(S(=O)(=O)C2=CC=C(C(C)=O)CC2=O)C(=O)C1. The molecule has 0 aromatic rings. The highest BCUT2D eigenvalue weighted by Gasteiger charge is 2.35. The fourth-order valence-corrected chi connectivity index (χ4v) is 3.73. The number of Topliss-reactive ketones (excluding diaryl/α,β-unsaturated/α-hetero) is 4. The smallest absolute Gasteiger partial charge is 0.213 e. The van der Waals surface area contributed by atoms with Crippen molar-refractivity contribution >= 4 is 33.0 Å². The van der Waals surface area contributed by atoms with Crippen molar-refractivity contribution in [2.45, 2.75) is 26.7 Å². The van der Waals surface area contributed by atoms with Crippen LogP contribution in [0.3, 0.4) is 0 Å². The Morgan fingerprint density at radius 2 is 1.13 bits per heavy atom. The number of carbonyl (C=O) groups excluding carboxylic acids is 4. The Bertz CT molecular complexity index is 796. The van der Waals surface area contributed by atoms with Crippen LogP contribution in [0.25, 0.3) is 0 Å². The van der Waals surface area contributed by atoms with E-state index in [0.29, 0.717) is 0 Å². The maximum absolute atomic E-state index is 12.5. The average Bonchev–Trinajstić information content (AvgIpc) is 2.46. The summed E-state index contributed by atoms with van der Waals surface area (Å²) < 4.78 is 25.0. The van der Waals surface area contributed by atoms with Crippen LogP contribution < -0.4 is 0 Å². The fourth-order valence-electron chi connectivity index (χ4n) is 2.26. The molecule has 2 aliphatic carbocycles. The summed E-state index contributed by atoms with van der Waals surface area (Å²) >= 11 is 0. The highest BCUT2D eigenvalue weighted by Crippen LogP contribution is 2.29. The zero-order chi connectivity index (χ0) is 17.4. The van der Waals surface area contributed by atoms with E-state index in [-0.39, 0.29) is 35.6 Å². The molecule has 2 rings (SSSR count). The number of sulfone groups is 1. The fraction of sp³-hybridized carbons (Fsp3) is 0.250. The van der Waals surface area contributed by atoms with Gasteiger partial charge in [-0.3, -0.25) is 19.2 Å². The van der Waals surface area contributed by atoms with Crippen molar-refractivity contribution in [2.24, 2.45) is 0 Å². The Labute approximate surface area is 133 Å². The summed E-state index contributed by atoms with van der Waals surface area (Å²) in [5, 5.41) is 0. The summed E-state index contributed by atoms with van der Waals surface area (Å²) in [7, 11) is -4.27. The van der Waals surface area contributed by atoms with Gasteiger partial charge in [-0.25, -0.2) is 8.42 Å². The molecular weight excluding hydrogens is 320 g/mol. The molecule has 0 spiro atoms. The summed E-state index contributed by atoms with van der Waals surface area (Å²) in [5.41, 5.74) is 0.438. The van der Waals surface area contributed by atoms with Gasteiger partial charge in [0.25, 0.3) is 0 Å². The van der Waals surface area contributed by atoms with Gasteiger partial charge in [-0.1, -0.05) is 12.2 Å². The molecule has 0 aromatic heterocycles. The lowest BCUT2D eigenvalue weighted by atomic mass is 10.0. The molecule has 6 nitrogen and oxygen atoms in total. The van der Waals surface area contributed by atoms with Crippen LogP contribution in [0.15, 0.2) is 45.3 Å². The molecule has 0 unspecified atom stereocenters. The molecule has 0 radical (unpaired) electrons. The van der Waals surface area contributed by atoms with Gasteiger partial charge in [-0.15, -0.1) is 0 Å². The quantitative estimate of drug-likeness (QED) is 0.764. The second-order valence-electron chi connectivity index (χ2n) is 5.26. The van der Waals surface area contributed by atoms with E-state index in [2.05, 4.69) is 0 Å². The first kappa shape index (κ1) is 17.0. The molecule has 23 heavy (non-hydrogen) atoms. The van der Waals surface area contributed by atoms with Gasteiger partial charge in [0.1, 0.15) is 9.81 Å². The Kier molecular flexibility index (Phi) is 4.42. The predicted molar refractivity (Wildman–Crippen MR) is 81.9 cm³/mol. The molecule has 2 aliphatic rings. The maximum Gasteiger partial charge on any atom is 0.213 e. The first-order chi connectivity index (χ1) is 10.6. The molecule has 0 atom stereocenters. The number of carbonyl (C=O) groups is 4. The third kappa shape index (κ3) is 3.19. The van der Waals surface area contributed by atoms with Crippen molar-refractivity contribution in [3.63, 3.8) is 0 Å². The second-order valence-corrected chi connectivity index (χ2v) is 7.15. The monoisotopic (exact) mass is 334 g/mol.